The minimum atomic E-state index is -3.51. The van der Waals surface area contributed by atoms with Crippen molar-refractivity contribution in [3.8, 4) is 0 Å². The summed E-state index contributed by atoms with van der Waals surface area (Å²) in [4.78, 5) is 2.17. The van der Waals surface area contributed by atoms with Gasteiger partial charge < -0.3 is 10.6 Å². The Kier molecular flexibility index (Phi) is 5.34. The number of rotatable bonds is 6. The molecule has 108 valence electrons. The number of hydrogen-bond donors (Lipinski definition) is 2. The Morgan fingerprint density at radius 1 is 1.26 bits per heavy atom. The zero-order valence-corrected chi connectivity index (χ0v) is 12.7. The van der Waals surface area contributed by atoms with Crippen LogP contribution in [0.25, 0.3) is 0 Å². The van der Waals surface area contributed by atoms with Gasteiger partial charge >= 0.3 is 0 Å². The predicted molar refractivity (Wildman–Crippen MR) is 78.8 cm³/mol. The van der Waals surface area contributed by atoms with Gasteiger partial charge in [-0.1, -0.05) is 12.1 Å². The summed E-state index contributed by atoms with van der Waals surface area (Å²) in [7, 11) is -1.66. The smallest absolute Gasteiger partial charge is 0.242 e. The largest absolute Gasteiger partial charge is 0.370 e. The summed E-state index contributed by atoms with van der Waals surface area (Å²) in [5, 5.41) is 0. The predicted octanol–water partition coefficient (Wildman–Crippen LogP) is 1.16. The van der Waals surface area contributed by atoms with Crippen molar-refractivity contribution in [2.24, 2.45) is 5.73 Å². The molecule has 0 aliphatic heterocycles. The quantitative estimate of drug-likeness (QED) is 0.822. The molecule has 0 aliphatic carbocycles. The van der Waals surface area contributed by atoms with Gasteiger partial charge in [0.2, 0.25) is 10.0 Å². The number of sulfonamides is 1. The molecule has 0 spiro atoms. The number of benzene rings is 1. The maximum atomic E-state index is 12.3. The van der Waals surface area contributed by atoms with E-state index in [-0.39, 0.29) is 17.0 Å². The van der Waals surface area contributed by atoms with Gasteiger partial charge in [0.1, 0.15) is 4.90 Å². The van der Waals surface area contributed by atoms with Crippen molar-refractivity contribution >= 4 is 15.7 Å². The summed E-state index contributed by atoms with van der Waals surface area (Å²) >= 11 is 0. The molecule has 0 radical (unpaired) electrons. The first kappa shape index (κ1) is 15.9. The summed E-state index contributed by atoms with van der Waals surface area (Å²) in [5.41, 5.74) is 6.30. The van der Waals surface area contributed by atoms with E-state index in [4.69, 9.17) is 5.73 Å². The number of likely N-dealkylation sites (N-methyl/N-ethyl adjacent to an activating group) is 1. The topological polar surface area (TPSA) is 75.4 Å². The highest BCUT2D eigenvalue weighted by Crippen LogP contribution is 2.25. The minimum Gasteiger partial charge on any atom is -0.370 e. The van der Waals surface area contributed by atoms with E-state index in [1.165, 1.54) is 0 Å². The lowest BCUT2D eigenvalue weighted by molar-refractivity contribution is 0.569. The highest BCUT2D eigenvalue weighted by molar-refractivity contribution is 7.89. The van der Waals surface area contributed by atoms with Gasteiger partial charge in [-0.15, -0.1) is 0 Å². The van der Waals surface area contributed by atoms with E-state index in [1.807, 2.05) is 24.9 Å². The van der Waals surface area contributed by atoms with Crippen LogP contribution >= 0.6 is 0 Å². The van der Waals surface area contributed by atoms with E-state index in [2.05, 4.69) is 4.72 Å². The first-order valence-electron chi connectivity index (χ1n) is 6.34. The van der Waals surface area contributed by atoms with Gasteiger partial charge in [-0.3, -0.25) is 0 Å². The van der Waals surface area contributed by atoms with Gasteiger partial charge in [0.25, 0.3) is 0 Å². The second kappa shape index (κ2) is 6.36. The number of para-hydroxylation sites is 1. The molecular formula is C13H23N3O2S. The molecule has 0 amide bonds. The molecule has 0 saturated heterocycles. The third kappa shape index (κ3) is 3.92. The summed E-state index contributed by atoms with van der Waals surface area (Å²) < 4.78 is 27.2. The lowest BCUT2D eigenvalue weighted by Crippen LogP contribution is -2.37. The molecule has 0 heterocycles. The second-order valence-electron chi connectivity index (χ2n) is 4.94. The van der Waals surface area contributed by atoms with Gasteiger partial charge in [0, 0.05) is 25.7 Å². The lowest BCUT2D eigenvalue weighted by atomic mass is 10.2. The molecule has 0 aromatic heterocycles. The molecule has 1 aromatic carbocycles. The molecule has 0 aliphatic rings. The normalized spacial score (nSPS) is 13.6. The van der Waals surface area contributed by atoms with Crippen LogP contribution in [-0.4, -0.2) is 34.1 Å². The van der Waals surface area contributed by atoms with Crippen molar-refractivity contribution in [3.63, 3.8) is 0 Å². The molecule has 1 unspecified atom stereocenters. The first-order chi connectivity index (χ1) is 8.79. The van der Waals surface area contributed by atoms with E-state index in [0.29, 0.717) is 12.2 Å². The highest BCUT2D eigenvalue weighted by atomic mass is 32.2. The van der Waals surface area contributed by atoms with E-state index in [1.54, 1.807) is 32.0 Å². The number of nitrogens with two attached hydrogens (primary N) is 1. The fourth-order valence-electron chi connectivity index (χ4n) is 1.75. The Morgan fingerprint density at radius 3 is 2.37 bits per heavy atom. The Hall–Kier alpha value is -1.11. The van der Waals surface area contributed by atoms with Crippen LogP contribution in [0.15, 0.2) is 29.2 Å². The van der Waals surface area contributed by atoms with Crippen LogP contribution in [0.2, 0.25) is 0 Å². The molecule has 6 heteroatoms. The van der Waals surface area contributed by atoms with Crippen molar-refractivity contribution in [1.29, 1.82) is 0 Å². The van der Waals surface area contributed by atoms with Crippen LogP contribution in [0.4, 0.5) is 5.69 Å². The average Bonchev–Trinajstić information content (AvgIpc) is 2.35. The van der Waals surface area contributed by atoms with Gasteiger partial charge in [0.15, 0.2) is 0 Å². The van der Waals surface area contributed by atoms with E-state index < -0.39 is 10.0 Å². The molecular weight excluding hydrogens is 262 g/mol. The van der Waals surface area contributed by atoms with Crippen LogP contribution in [0.1, 0.15) is 20.8 Å². The van der Waals surface area contributed by atoms with Gasteiger partial charge in [-0.25, -0.2) is 13.1 Å². The van der Waals surface area contributed by atoms with Gasteiger partial charge in [-0.05, 0) is 32.9 Å². The molecule has 0 bridgehead atoms. The van der Waals surface area contributed by atoms with Gasteiger partial charge in [-0.2, -0.15) is 0 Å². The molecule has 0 fully saturated rings. The number of nitrogens with one attached hydrogen (secondary N) is 1. The average molecular weight is 285 g/mol. The molecule has 3 N–H and O–H groups in total. The molecule has 1 aromatic rings. The van der Waals surface area contributed by atoms with Crippen LogP contribution in [0, 0.1) is 0 Å². The van der Waals surface area contributed by atoms with Crippen LogP contribution in [0.3, 0.4) is 0 Å². The fraction of sp³-hybridized carbons (Fsp3) is 0.538. The van der Waals surface area contributed by atoms with Gasteiger partial charge in [0.05, 0.1) is 5.69 Å². The van der Waals surface area contributed by atoms with Crippen molar-refractivity contribution in [2.45, 2.75) is 37.8 Å². The Bertz CT molecular complexity index is 514. The van der Waals surface area contributed by atoms with Crippen LogP contribution in [-0.2, 0) is 10.0 Å². The van der Waals surface area contributed by atoms with Crippen LogP contribution < -0.4 is 15.4 Å². The fourth-order valence-corrected chi connectivity index (χ4v) is 3.24. The van der Waals surface area contributed by atoms with Crippen molar-refractivity contribution in [1.82, 2.24) is 4.72 Å². The number of hydrogen-bond acceptors (Lipinski definition) is 4. The zero-order chi connectivity index (χ0) is 14.6. The Morgan fingerprint density at radius 2 is 1.84 bits per heavy atom. The molecule has 5 nitrogen and oxygen atoms in total. The third-order valence-corrected chi connectivity index (χ3v) is 4.63. The maximum Gasteiger partial charge on any atom is 0.242 e. The van der Waals surface area contributed by atoms with E-state index >= 15 is 0 Å². The number of nitrogens with zero attached hydrogens (tertiary/aromatic N) is 1. The lowest BCUT2D eigenvalue weighted by Gasteiger charge is -2.28. The Balaban J connectivity index is 3.23. The zero-order valence-electron chi connectivity index (χ0n) is 11.9. The monoisotopic (exact) mass is 285 g/mol. The second-order valence-corrected chi connectivity index (χ2v) is 6.62. The molecule has 19 heavy (non-hydrogen) atoms. The molecule has 1 rings (SSSR count). The highest BCUT2D eigenvalue weighted by Gasteiger charge is 2.22. The maximum absolute atomic E-state index is 12.3. The van der Waals surface area contributed by atoms with E-state index in [9.17, 15) is 8.42 Å². The minimum absolute atomic E-state index is 0.0652. The Labute approximate surface area is 115 Å². The van der Waals surface area contributed by atoms with E-state index in [0.717, 1.165) is 0 Å². The number of anilines is 1. The summed E-state index contributed by atoms with van der Waals surface area (Å²) in [6.45, 7) is 6.01. The summed E-state index contributed by atoms with van der Waals surface area (Å²) in [6.07, 6.45) is 0. The molecule has 1 atom stereocenters. The summed E-state index contributed by atoms with van der Waals surface area (Å²) in [6, 6.07) is 6.87. The summed E-state index contributed by atoms with van der Waals surface area (Å²) in [5.74, 6) is 0. The van der Waals surface area contributed by atoms with Crippen molar-refractivity contribution in [2.75, 3.05) is 18.5 Å². The third-order valence-electron chi connectivity index (χ3n) is 2.93. The standard InChI is InChI=1S/C13H23N3O2S/c1-10(2)15-19(17,18)13-8-6-5-7-12(13)16(4)11(3)9-14/h5-8,10-11,15H,9,14H2,1-4H3. The molecule has 0 saturated carbocycles. The SMILES string of the molecule is CC(C)NS(=O)(=O)c1ccccc1N(C)C(C)CN. The van der Waals surface area contributed by atoms with Crippen molar-refractivity contribution < 1.29 is 8.42 Å². The first-order valence-corrected chi connectivity index (χ1v) is 7.82. The van der Waals surface area contributed by atoms with Crippen LogP contribution in [0.5, 0.6) is 0 Å². The van der Waals surface area contributed by atoms with Crippen molar-refractivity contribution in [3.05, 3.63) is 24.3 Å².